The van der Waals surface area contributed by atoms with Crippen LogP contribution in [-0.4, -0.2) is 22.6 Å². The fraction of sp³-hybridized carbons (Fsp3) is 0.765. The standard InChI is InChI=1S/C17H27N3O/c1-12(2)11-21-16-10-15(18-14-8-9-14)19-17(20-16)13-6-4-3-5-7-13/h10,12-14H,3-9,11H2,1-2H3,(H,18,19,20). The molecular weight excluding hydrogens is 262 g/mol. The summed E-state index contributed by atoms with van der Waals surface area (Å²) < 4.78 is 5.85. The van der Waals surface area contributed by atoms with Gasteiger partial charge in [0.25, 0.3) is 0 Å². The number of hydrogen-bond donors (Lipinski definition) is 1. The van der Waals surface area contributed by atoms with Crippen LogP contribution in [0.5, 0.6) is 5.88 Å². The Morgan fingerprint density at radius 3 is 2.57 bits per heavy atom. The van der Waals surface area contributed by atoms with E-state index >= 15 is 0 Å². The van der Waals surface area contributed by atoms with Gasteiger partial charge >= 0.3 is 0 Å². The van der Waals surface area contributed by atoms with E-state index in [0.717, 1.165) is 17.5 Å². The summed E-state index contributed by atoms with van der Waals surface area (Å²) in [5, 5.41) is 3.49. The maximum absolute atomic E-state index is 5.85. The van der Waals surface area contributed by atoms with E-state index in [1.165, 1.54) is 44.9 Å². The highest BCUT2D eigenvalue weighted by Gasteiger charge is 2.24. The average molecular weight is 289 g/mol. The van der Waals surface area contributed by atoms with Crippen molar-refractivity contribution in [1.82, 2.24) is 9.97 Å². The first kappa shape index (κ1) is 14.6. The van der Waals surface area contributed by atoms with Crippen LogP contribution < -0.4 is 10.1 Å². The first-order valence-electron chi connectivity index (χ1n) is 8.49. The predicted molar refractivity (Wildman–Crippen MR) is 84.8 cm³/mol. The van der Waals surface area contributed by atoms with Crippen LogP contribution in [-0.2, 0) is 0 Å². The minimum absolute atomic E-state index is 0.512. The zero-order chi connectivity index (χ0) is 14.7. The smallest absolute Gasteiger partial charge is 0.218 e. The molecule has 3 rings (SSSR count). The highest BCUT2D eigenvalue weighted by molar-refractivity contribution is 5.41. The van der Waals surface area contributed by atoms with Crippen molar-refractivity contribution in [3.05, 3.63) is 11.9 Å². The Bertz CT molecular complexity index is 465. The van der Waals surface area contributed by atoms with Crippen LogP contribution in [0, 0.1) is 5.92 Å². The van der Waals surface area contributed by atoms with Gasteiger partial charge in [0.15, 0.2) is 0 Å². The van der Waals surface area contributed by atoms with Crippen LogP contribution in [0.15, 0.2) is 6.07 Å². The molecule has 2 saturated carbocycles. The molecular formula is C17H27N3O. The molecule has 2 aliphatic carbocycles. The Balaban J connectivity index is 1.76. The molecule has 0 radical (unpaired) electrons. The summed E-state index contributed by atoms with van der Waals surface area (Å²) in [7, 11) is 0. The van der Waals surface area contributed by atoms with Gasteiger partial charge in [0.1, 0.15) is 11.6 Å². The van der Waals surface area contributed by atoms with E-state index in [4.69, 9.17) is 9.72 Å². The van der Waals surface area contributed by atoms with Crippen LogP contribution in [0.3, 0.4) is 0 Å². The third-order valence-corrected chi connectivity index (χ3v) is 4.18. The molecule has 1 aromatic rings. The van der Waals surface area contributed by atoms with Gasteiger partial charge in [-0.15, -0.1) is 0 Å². The average Bonchev–Trinajstić information content (AvgIpc) is 3.30. The molecule has 1 aromatic heterocycles. The van der Waals surface area contributed by atoms with E-state index in [0.29, 0.717) is 24.5 Å². The van der Waals surface area contributed by atoms with E-state index in [2.05, 4.69) is 24.1 Å². The second kappa shape index (κ2) is 6.63. The summed E-state index contributed by atoms with van der Waals surface area (Å²) in [6, 6.07) is 2.57. The van der Waals surface area contributed by atoms with Crippen LogP contribution in [0.1, 0.15) is 70.5 Å². The molecule has 0 atom stereocenters. The highest BCUT2D eigenvalue weighted by atomic mass is 16.5. The number of nitrogens with zero attached hydrogens (tertiary/aromatic N) is 2. The van der Waals surface area contributed by atoms with Crippen LogP contribution in [0.25, 0.3) is 0 Å². The topological polar surface area (TPSA) is 47.0 Å². The maximum atomic E-state index is 5.85. The summed E-state index contributed by atoms with van der Waals surface area (Å²) in [5.74, 6) is 3.70. The van der Waals surface area contributed by atoms with Crippen LogP contribution >= 0.6 is 0 Å². The van der Waals surface area contributed by atoms with Crippen molar-refractivity contribution in [2.75, 3.05) is 11.9 Å². The number of rotatable bonds is 6. The fourth-order valence-corrected chi connectivity index (χ4v) is 2.82. The van der Waals surface area contributed by atoms with E-state index in [1.54, 1.807) is 0 Å². The van der Waals surface area contributed by atoms with Gasteiger partial charge in [0.05, 0.1) is 6.61 Å². The van der Waals surface area contributed by atoms with Crippen molar-refractivity contribution >= 4 is 5.82 Å². The van der Waals surface area contributed by atoms with Gasteiger partial charge in [0, 0.05) is 18.0 Å². The van der Waals surface area contributed by atoms with E-state index < -0.39 is 0 Å². The molecule has 0 aromatic carbocycles. The zero-order valence-electron chi connectivity index (χ0n) is 13.3. The lowest BCUT2D eigenvalue weighted by molar-refractivity contribution is 0.259. The third kappa shape index (κ3) is 4.32. The number of anilines is 1. The van der Waals surface area contributed by atoms with Crippen molar-refractivity contribution < 1.29 is 4.74 Å². The molecule has 0 aliphatic heterocycles. The monoisotopic (exact) mass is 289 g/mol. The molecule has 1 N–H and O–H groups in total. The number of ether oxygens (including phenoxy) is 1. The lowest BCUT2D eigenvalue weighted by Crippen LogP contribution is -2.14. The molecule has 1 heterocycles. The van der Waals surface area contributed by atoms with E-state index in [1.807, 2.05) is 6.07 Å². The summed E-state index contributed by atoms with van der Waals surface area (Å²) in [6.07, 6.45) is 8.91. The minimum atomic E-state index is 0.512. The van der Waals surface area contributed by atoms with Gasteiger partial charge in [0.2, 0.25) is 5.88 Å². The molecule has 0 amide bonds. The van der Waals surface area contributed by atoms with Crippen molar-refractivity contribution in [3.8, 4) is 5.88 Å². The molecule has 0 bridgehead atoms. The van der Waals surface area contributed by atoms with Crippen LogP contribution in [0.4, 0.5) is 5.82 Å². The summed E-state index contributed by atoms with van der Waals surface area (Å²) in [5.41, 5.74) is 0. The van der Waals surface area contributed by atoms with Crippen molar-refractivity contribution in [2.24, 2.45) is 5.92 Å². The third-order valence-electron chi connectivity index (χ3n) is 4.18. The Morgan fingerprint density at radius 1 is 1.14 bits per heavy atom. The van der Waals surface area contributed by atoms with E-state index in [-0.39, 0.29) is 0 Å². The number of hydrogen-bond acceptors (Lipinski definition) is 4. The Hall–Kier alpha value is -1.32. The lowest BCUT2D eigenvalue weighted by Gasteiger charge is -2.21. The maximum Gasteiger partial charge on any atom is 0.218 e. The molecule has 21 heavy (non-hydrogen) atoms. The van der Waals surface area contributed by atoms with Crippen molar-refractivity contribution in [3.63, 3.8) is 0 Å². The summed E-state index contributed by atoms with van der Waals surface area (Å²) in [4.78, 5) is 9.45. The molecule has 2 fully saturated rings. The molecule has 116 valence electrons. The van der Waals surface area contributed by atoms with Gasteiger partial charge in [-0.25, -0.2) is 4.98 Å². The SMILES string of the molecule is CC(C)COc1cc(NC2CC2)nc(C2CCCCC2)n1. The van der Waals surface area contributed by atoms with Crippen molar-refractivity contribution in [1.29, 1.82) is 0 Å². The molecule has 4 nitrogen and oxygen atoms in total. The molecule has 0 unspecified atom stereocenters. The molecule has 0 saturated heterocycles. The number of aromatic nitrogens is 2. The lowest BCUT2D eigenvalue weighted by atomic mass is 9.89. The minimum Gasteiger partial charge on any atom is -0.477 e. The Labute approximate surface area is 127 Å². The molecule has 4 heteroatoms. The van der Waals surface area contributed by atoms with Crippen molar-refractivity contribution in [2.45, 2.75) is 70.8 Å². The summed E-state index contributed by atoms with van der Waals surface area (Å²) >= 11 is 0. The first-order chi connectivity index (χ1) is 10.2. The first-order valence-corrected chi connectivity index (χ1v) is 8.49. The Morgan fingerprint density at radius 2 is 1.90 bits per heavy atom. The van der Waals surface area contributed by atoms with Gasteiger partial charge in [-0.3, -0.25) is 0 Å². The highest BCUT2D eigenvalue weighted by Crippen LogP contribution is 2.33. The van der Waals surface area contributed by atoms with Gasteiger partial charge in [-0.2, -0.15) is 4.98 Å². The number of nitrogens with one attached hydrogen (secondary N) is 1. The largest absolute Gasteiger partial charge is 0.477 e. The molecule has 2 aliphatic rings. The van der Waals surface area contributed by atoms with Gasteiger partial charge < -0.3 is 10.1 Å². The zero-order valence-corrected chi connectivity index (χ0v) is 13.3. The van der Waals surface area contributed by atoms with Gasteiger partial charge in [-0.05, 0) is 31.6 Å². The quantitative estimate of drug-likeness (QED) is 0.855. The fourth-order valence-electron chi connectivity index (χ4n) is 2.82. The Kier molecular flexibility index (Phi) is 4.61. The van der Waals surface area contributed by atoms with Gasteiger partial charge in [-0.1, -0.05) is 33.1 Å². The predicted octanol–water partition coefficient (Wildman–Crippen LogP) is 4.13. The van der Waals surface area contributed by atoms with E-state index in [9.17, 15) is 0 Å². The second-order valence-corrected chi connectivity index (χ2v) is 6.91. The summed E-state index contributed by atoms with van der Waals surface area (Å²) in [6.45, 7) is 5.03. The normalized spacial score (nSPS) is 19.8. The van der Waals surface area contributed by atoms with Crippen LogP contribution in [0.2, 0.25) is 0 Å². The second-order valence-electron chi connectivity index (χ2n) is 6.91. The molecule has 0 spiro atoms.